The number of hydrogen-bond acceptors (Lipinski definition) is 2. The normalized spacial score (nSPS) is 10.4. The molecule has 4 heteroatoms. The van der Waals surface area contributed by atoms with Crippen LogP contribution in [0.15, 0.2) is 22.7 Å². The highest BCUT2D eigenvalue weighted by atomic mass is 79.9. The van der Waals surface area contributed by atoms with E-state index in [9.17, 15) is 4.39 Å². The maximum atomic E-state index is 12.8. The molecule has 90 valence electrons. The van der Waals surface area contributed by atoms with Crippen LogP contribution >= 0.6 is 15.9 Å². The van der Waals surface area contributed by atoms with Gasteiger partial charge in [0.05, 0.1) is 11.1 Å². The molecule has 0 spiro atoms. The summed E-state index contributed by atoms with van der Waals surface area (Å²) in [4.78, 5) is 0. The third-order valence-electron chi connectivity index (χ3n) is 2.02. The van der Waals surface area contributed by atoms with Gasteiger partial charge >= 0.3 is 0 Å². The zero-order chi connectivity index (χ0) is 11.8. The van der Waals surface area contributed by atoms with Gasteiger partial charge in [0.2, 0.25) is 0 Å². The van der Waals surface area contributed by atoms with Crippen LogP contribution in [0.4, 0.5) is 4.39 Å². The Kier molecular flexibility index (Phi) is 6.42. The van der Waals surface area contributed by atoms with E-state index in [0.29, 0.717) is 23.4 Å². The summed E-state index contributed by atoms with van der Waals surface area (Å²) in [5, 5.41) is 0. The highest BCUT2D eigenvalue weighted by Crippen LogP contribution is 2.25. The summed E-state index contributed by atoms with van der Waals surface area (Å²) in [6, 6.07) is 4.36. The predicted octanol–water partition coefficient (Wildman–Crippen LogP) is 3.78. The van der Waals surface area contributed by atoms with Gasteiger partial charge in [-0.25, -0.2) is 4.39 Å². The van der Waals surface area contributed by atoms with Crippen molar-refractivity contribution in [1.82, 2.24) is 0 Å². The van der Waals surface area contributed by atoms with Crippen molar-refractivity contribution in [3.05, 3.63) is 28.5 Å². The summed E-state index contributed by atoms with van der Waals surface area (Å²) >= 11 is 3.24. The van der Waals surface area contributed by atoms with Gasteiger partial charge in [-0.05, 0) is 40.5 Å². The summed E-state index contributed by atoms with van der Waals surface area (Å²) in [7, 11) is 0. The van der Waals surface area contributed by atoms with Crippen molar-refractivity contribution in [1.29, 1.82) is 0 Å². The number of unbranched alkanes of at least 4 members (excludes halogenated alkanes) is 1. The molecule has 1 aromatic rings. The summed E-state index contributed by atoms with van der Waals surface area (Å²) in [5.41, 5.74) is 0. The smallest absolute Gasteiger partial charge is 0.133 e. The molecule has 0 radical (unpaired) electrons. The Labute approximate surface area is 104 Å². The summed E-state index contributed by atoms with van der Waals surface area (Å²) < 4.78 is 24.2. The van der Waals surface area contributed by atoms with Crippen LogP contribution in [0.1, 0.15) is 19.8 Å². The van der Waals surface area contributed by atoms with Crippen molar-refractivity contribution < 1.29 is 13.9 Å². The summed E-state index contributed by atoms with van der Waals surface area (Å²) in [6.07, 6.45) is 2.20. The van der Waals surface area contributed by atoms with Crippen molar-refractivity contribution >= 4 is 15.9 Å². The van der Waals surface area contributed by atoms with Crippen molar-refractivity contribution in [2.45, 2.75) is 19.8 Å². The number of rotatable bonds is 7. The van der Waals surface area contributed by atoms with Crippen LogP contribution in [0.3, 0.4) is 0 Å². The van der Waals surface area contributed by atoms with Crippen LogP contribution in [0.2, 0.25) is 0 Å². The fraction of sp³-hybridized carbons (Fsp3) is 0.500. The van der Waals surface area contributed by atoms with Gasteiger partial charge in [-0.1, -0.05) is 13.3 Å². The molecule has 0 saturated heterocycles. The Balaban J connectivity index is 2.21. The number of hydrogen-bond donors (Lipinski definition) is 0. The molecule has 0 fully saturated rings. The van der Waals surface area contributed by atoms with Gasteiger partial charge < -0.3 is 9.47 Å². The zero-order valence-electron chi connectivity index (χ0n) is 9.34. The van der Waals surface area contributed by atoms with Gasteiger partial charge in [0.25, 0.3) is 0 Å². The molecule has 0 aliphatic heterocycles. The second-order valence-corrected chi connectivity index (χ2v) is 4.24. The van der Waals surface area contributed by atoms with Crippen LogP contribution in [-0.2, 0) is 4.74 Å². The molecule has 2 nitrogen and oxygen atoms in total. The largest absolute Gasteiger partial charge is 0.490 e. The molecule has 0 N–H and O–H groups in total. The van der Waals surface area contributed by atoms with Crippen LogP contribution in [0.5, 0.6) is 5.75 Å². The topological polar surface area (TPSA) is 18.5 Å². The van der Waals surface area contributed by atoms with Gasteiger partial charge in [-0.15, -0.1) is 0 Å². The second kappa shape index (κ2) is 7.63. The Bertz CT molecular complexity index is 318. The maximum absolute atomic E-state index is 12.8. The Morgan fingerprint density at radius 3 is 2.75 bits per heavy atom. The van der Waals surface area contributed by atoms with Crippen molar-refractivity contribution in [3.63, 3.8) is 0 Å². The van der Waals surface area contributed by atoms with Crippen molar-refractivity contribution in [2.75, 3.05) is 19.8 Å². The maximum Gasteiger partial charge on any atom is 0.133 e. The molecule has 16 heavy (non-hydrogen) atoms. The van der Waals surface area contributed by atoms with E-state index in [-0.39, 0.29) is 5.82 Å². The molecule has 0 amide bonds. The SMILES string of the molecule is CCCCOCCOc1ccc(F)cc1Br. The standard InChI is InChI=1S/C12H16BrFO2/c1-2-3-6-15-7-8-16-12-5-4-10(14)9-11(12)13/h4-5,9H,2-3,6-8H2,1H3. The van der Waals surface area contributed by atoms with Crippen molar-refractivity contribution in [3.8, 4) is 5.75 Å². The van der Waals surface area contributed by atoms with E-state index >= 15 is 0 Å². The van der Waals surface area contributed by atoms with Crippen LogP contribution in [-0.4, -0.2) is 19.8 Å². The van der Waals surface area contributed by atoms with Crippen molar-refractivity contribution in [2.24, 2.45) is 0 Å². The minimum atomic E-state index is -0.279. The molecule has 0 unspecified atom stereocenters. The van der Waals surface area contributed by atoms with Crippen LogP contribution in [0, 0.1) is 5.82 Å². The van der Waals surface area contributed by atoms with E-state index in [1.54, 1.807) is 6.07 Å². The first-order chi connectivity index (χ1) is 7.74. The highest BCUT2D eigenvalue weighted by Gasteiger charge is 2.01. The van der Waals surface area contributed by atoms with E-state index in [1.165, 1.54) is 12.1 Å². The van der Waals surface area contributed by atoms with E-state index in [1.807, 2.05) is 0 Å². The first-order valence-electron chi connectivity index (χ1n) is 5.39. The lowest BCUT2D eigenvalue weighted by Crippen LogP contribution is -2.07. The first kappa shape index (κ1) is 13.5. The molecule has 0 aliphatic carbocycles. The minimum Gasteiger partial charge on any atom is -0.490 e. The van der Waals surface area contributed by atoms with Gasteiger partial charge in [0.1, 0.15) is 18.2 Å². The third kappa shape index (κ3) is 4.94. The molecule has 0 aromatic heterocycles. The molecular formula is C12H16BrFO2. The van der Waals surface area contributed by atoms with Gasteiger partial charge in [0.15, 0.2) is 0 Å². The van der Waals surface area contributed by atoms with Gasteiger partial charge in [-0.2, -0.15) is 0 Å². The monoisotopic (exact) mass is 290 g/mol. The third-order valence-corrected chi connectivity index (χ3v) is 2.64. The van der Waals surface area contributed by atoms with E-state index in [4.69, 9.17) is 9.47 Å². The lowest BCUT2D eigenvalue weighted by Gasteiger charge is -2.08. The van der Waals surface area contributed by atoms with Gasteiger partial charge in [0, 0.05) is 6.61 Å². The molecular weight excluding hydrogens is 275 g/mol. The van der Waals surface area contributed by atoms with E-state index < -0.39 is 0 Å². The second-order valence-electron chi connectivity index (χ2n) is 3.39. The fourth-order valence-corrected chi connectivity index (χ4v) is 1.62. The predicted molar refractivity (Wildman–Crippen MR) is 65.3 cm³/mol. The Morgan fingerprint density at radius 2 is 2.06 bits per heavy atom. The zero-order valence-corrected chi connectivity index (χ0v) is 10.9. The molecule has 0 heterocycles. The number of ether oxygens (including phenoxy) is 2. The lowest BCUT2D eigenvalue weighted by atomic mass is 10.3. The van der Waals surface area contributed by atoms with E-state index in [0.717, 1.165) is 19.4 Å². The molecule has 0 atom stereocenters. The Hall–Kier alpha value is -0.610. The summed E-state index contributed by atoms with van der Waals surface area (Å²) in [6.45, 7) is 3.93. The molecule has 1 aromatic carbocycles. The van der Waals surface area contributed by atoms with Crippen LogP contribution < -0.4 is 4.74 Å². The minimum absolute atomic E-state index is 0.279. The quantitative estimate of drug-likeness (QED) is 0.712. The first-order valence-corrected chi connectivity index (χ1v) is 6.19. The number of benzene rings is 1. The van der Waals surface area contributed by atoms with E-state index in [2.05, 4.69) is 22.9 Å². The fourth-order valence-electron chi connectivity index (χ4n) is 1.15. The molecule has 0 bridgehead atoms. The average molecular weight is 291 g/mol. The lowest BCUT2D eigenvalue weighted by molar-refractivity contribution is 0.0978. The molecule has 0 saturated carbocycles. The number of halogens is 2. The Morgan fingerprint density at radius 1 is 1.25 bits per heavy atom. The molecule has 1 rings (SSSR count). The average Bonchev–Trinajstić information content (AvgIpc) is 2.26. The van der Waals surface area contributed by atoms with Gasteiger partial charge in [-0.3, -0.25) is 0 Å². The van der Waals surface area contributed by atoms with Crippen LogP contribution in [0.25, 0.3) is 0 Å². The highest BCUT2D eigenvalue weighted by molar-refractivity contribution is 9.10. The molecule has 0 aliphatic rings. The summed E-state index contributed by atoms with van der Waals surface area (Å²) in [5.74, 6) is 0.360.